The minimum absolute atomic E-state index is 0.0233. The summed E-state index contributed by atoms with van der Waals surface area (Å²) < 4.78 is 0.650. The number of rotatable bonds is 5. The molecular formula is C15H24N2O2S2. The Bertz CT molecular complexity index is 484. The number of nitrogens with one attached hydrogen (secondary N) is 1. The van der Waals surface area contributed by atoms with Crippen LogP contribution in [-0.2, 0) is 9.59 Å². The van der Waals surface area contributed by atoms with Gasteiger partial charge in [-0.05, 0) is 27.2 Å². The lowest BCUT2D eigenvalue weighted by atomic mass is 9.79. The quantitative estimate of drug-likeness (QED) is 0.623. The van der Waals surface area contributed by atoms with Crippen molar-refractivity contribution in [2.75, 3.05) is 12.3 Å². The summed E-state index contributed by atoms with van der Waals surface area (Å²) in [7, 11) is 0. The summed E-state index contributed by atoms with van der Waals surface area (Å²) in [4.78, 5) is 26.1. The van der Waals surface area contributed by atoms with E-state index in [9.17, 15) is 9.59 Å². The lowest BCUT2D eigenvalue weighted by Crippen LogP contribution is -2.50. The minimum atomic E-state index is -0.596. The highest BCUT2D eigenvalue weighted by atomic mass is 32.2. The first-order valence-corrected chi connectivity index (χ1v) is 8.32. The molecule has 118 valence electrons. The largest absolute Gasteiger partial charge is 0.347 e. The Hall–Kier alpha value is -0.880. The van der Waals surface area contributed by atoms with Crippen molar-refractivity contribution in [3.05, 3.63) is 12.2 Å². The smallest absolute Gasteiger partial charge is 0.246 e. The van der Waals surface area contributed by atoms with E-state index in [-0.39, 0.29) is 11.8 Å². The van der Waals surface area contributed by atoms with E-state index in [1.807, 2.05) is 27.7 Å². The molecule has 0 radical (unpaired) electrons. The summed E-state index contributed by atoms with van der Waals surface area (Å²) in [6.07, 6.45) is 0.529. The highest BCUT2D eigenvalue weighted by Crippen LogP contribution is 2.33. The SMILES string of the molecule is C=C(C)C(=O)NC(C)(C)CC(C)(C)C(=O)N1CCSC1=S. The molecule has 1 heterocycles. The van der Waals surface area contributed by atoms with Gasteiger partial charge in [0.2, 0.25) is 11.8 Å². The zero-order chi connectivity index (χ0) is 16.4. The third-order valence-electron chi connectivity index (χ3n) is 3.31. The highest BCUT2D eigenvalue weighted by Gasteiger charge is 2.40. The molecular weight excluding hydrogens is 304 g/mol. The van der Waals surface area contributed by atoms with E-state index >= 15 is 0 Å². The second-order valence-corrected chi connectivity index (χ2v) is 8.48. The van der Waals surface area contributed by atoms with Gasteiger partial charge in [-0.1, -0.05) is 44.4 Å². The van der Waals surface area contributed by atoms with E-state index in [0.29, 0.717) is 22.9 Å². The number of carbonyl (C=O) groups is 2. The van der Waals surface area contributed by atoms with Crippen LogP contribution in [0.25, 0.3) is 0 Å². The first-order valence-electron chi connectivity index (χ1n) is 6.93. The van der Waals surface area contributed by atoms with E-state index < -0.39 is 11.0 Å². The van der Waals surface area contributed by atoms with E-state index in [1.165, 1.54) is 11.8 Å². The average molecular weight is 329 g/mol. The number of thiocarbonyl (C=S) groups is 1. The maximum absolute atomic E-state index is 12.7. The van der Waals surface area contributed by atoms with Crippen LogP contribution < -0.4 is 5.32 Å². The van der Waals surface area contributed by atoms with Crippen molar-refractivity contribution < 1.29 is 9.59 Å². The van der Waals surface area contributed by atoms with Crippen LogP contribution in [0.3, 0.4) is 0 Å². The summed E-state index contributed by atoms with van der Waals surface area (Å²) >= 11 is 6.76. The van der Waals surface area contributed by atoms with Gasteiger partial charge in [0.15, 0.2) is 0 Å². The van der Waals surface area contributed by atoms with Gasteiger partial charge in [-0.2, -0.15) is 0 Å². The molecule has 0 aromatic rings. The van der Waals surface area contributed by atoms with Crippen LogP contribution in [0.1, 0.15) is 41.0 Å². The predicted molar refractivity (Wildman–Crippen MR) is 92.2 cm³/mol. The Morgan fingerprint density at radius 3 is 2.38 bits per heavy atom. The molecule has 0 saturated carbocycles. The zero-order valence-electron chi connectivity index (χ0n) is 13.4. The van der Waals surface area contributed by atoms with Gasteiger partial charge in [0, 0.05) is 28.8 Å². The van der Waals surface area contributed by atoms with Gasteiger partial charge in [0.05, 0.1) is 0 Å². The number of carbonyl (C=O) groups excluding carboxylic acids is 2. The van der Waals surface area contributed by atoms with E-state index in [0.717, 1.165) is 5.75 Å². The molecule has 1 aliphatic rings. The molecule has 0 atom stereocenters. The summed E-state index contributed by atoms with van der Waals surface area (Å²) in [5.74, 6) is 0.696. The van der Waals surface area contributed by atoms with Crippen molar-refractivity contribution in [3.8, 4) is 0 Å². The topological polar surface area (TPSA) is 49.4 Å². The summed E-state index contributed by atoms with van der Waals surface area (Å²) in [5, 5.41) is 2.92. The molecule has 1 N–H and O–H groups in total. The van der Waals surface area contributed by atoms with Gasteiger partial charge in [-0.25, -0.2) is 0 Å². The number of hydrogen-bond acceptors (Lipinski definition) is 4. The zero-order valence-corrected chi connectivity index (χ0v) is 15.0. The van der Waals surface area contributed by atoms with E-state index in [4.69, 9.17) is 12.2 Å². The number of hydrogen-bond donors (Lipinski definition) is 1. The van der Waals surface area contributed by atoms with Crippen LogP contribution in [0, 0.1) is 5.41 Å². The van der Waals surface area contributed by atoms with Crippen molar-refractivity contribution >= 4 is 40.1 Å². The van der Waals surface area contributed by atoms with Crippen LogP contribution in [-0.4, -0.2) is 38.9 Å². The Kier molecular flexibility index (Phi) is 5.61. The fourth-order valence-corrected chi connectivity index (χ4v) is 3.78. The molecule has 1 saturated heterocycles. The lowest BCUT2D eigenvalue weighted by Gasteiger charge is -2.36. The Morgan fingerprint density at radius 1 is 1.38 bits per heavy atom. The lowest BCUT2D eigenvalue weighted by molar-refractivity contribution is -0.137. The molecule has 0 spiro atoms. The van der Waals surface area contributed by atoms with Crippen LogP contribution in [0.2, 0.25) is 0 Å². The van der Waals surface area contributed by atoms with Crippen LogP contribution in [0.5, 0.6) is 0 Å². The molecule has 6 heteroatoms. The Morgan fingerprint density at radius 2 is 1.95 bits per heavy atom. The predicted octanol–water partition coefficient (Wildman–Crippen LogP) is 2.73. The Labute approximate surface area is 136 Å². The minimum Gasteiger partial charge on any atom is -0.347 e. The molecule has 1 fully saturated rings. The third-order valence-corrected chi connectivity index (χ3v) is 4.74. The number of thioether (sulfide) groups is 1. The van der Waals surface area contributed by atoms with Gasteiger partial charge >= 0.3 is 0 Å². The summed E-state index contributed by atoms with van der Waals surface area (Å²) in [6, 6.07) is 0. The van der Waals surface area contributed by atoms with Crippen LogP contribution >= 0.6 is 24.0 Å². The molecule has 1 rings (SSSR count). The second kappa shape index (κ2) is 6.48. The van der Waals surface area contributed by atoms with Gasteiger partial charge in [-0.3, -0.25) is 14.5 Å². The number of amides is 2. The van der Waals surface area contributed by atoms with Crippen LogP contribution in [0.4, 0.5) is 0 Å². The molecule has 2 amide bonds. The number of nitrogens with zero attached hydrogens (tertiary/aromatic N) is 1. The normalized spacial score (nSPS) is 16.0. The molecule has 0 unspecified atom stereocenters. The molecule has 0 aromatic heterocycles. The van der Waals surface area contributed by atoms with Crippen molar-refractivity contribution in [1.82, 2.24) is 10.2 Å². The molecule has 21 heavy (non-hydrogen) atoms. The van der Waals surface area contributed by atoms with Crippen molar-refractivity contribution in [2.45, 2.75) is 46.6 Å². The molecule has 0 aliphatic carbocycles. The highest BCUT2D eigenvalue weighted by molar-refractivity contribution is 8.23. The van der Waals surface area contributed by atoms with Crippen molar-refractivity contribution in [2.24, 2.45) is 5.41 Å². The standard InChI is InChI=1S/C15H24N2O2S2/c1-10(2)11(18)16-15(5,6)9-14(3,4)12(19)17-7-8-21-13(17)20/h1,7-9H2,2-6H3,(H,16,18). The monoisotopic (exact) mass is 328 g/mol. The molecule has 0 bridgehead atoms. The van der Waals surface area contributed by atoms with E-state index in [2.05, 4.69) is 11.9 Å². The fourth-order valence-electron chi connectivity index (χ4n) is 2.58. The summed E-state index contributed by atoms with van der Waals surface area (Å²) in [5.41, 5.74) is -0.630. The second-order valence-electron chi connectivity index (χ2n) is 6.75. The fraction of sp³-hybridized carbons (Fsp3) is 0.667. The molecule has 0 aromatic carbocycles. The van der Waals surface area contributed by atoms with Gasteiger partial charge in [-0.15, -0.1) is 0 Å². The third kappa shape index (κ3) is 4.81. The first-order chi connectivity index (χ1) is 9.46. The van der Waals surface area contributed by atoms with Crippen molar-refractivity contribution in [3.63, 3.8) is 0 Å². The molecule has 1 aliphatic heterocycles. The molecule has 4 nitrogen and oxygen atoms in total. The Balaban J connectivity index is 2.78. The van der Waals surface area contributed by atoms with E-state index in [1.54, 1.807) is 11.8 Å². The van der Waals surface area contributed by atoms with Gasteiger partial charge in [0.1, 0.15) is 4.32 Å². The van der Waals surface area contributed by atoms with Gasteiger partial charge < -0.3 is 5.32 Å². The maximum atomic E-state index is 12.7. The van der Waals surface area contributed by atoms with Gasteiger partial charge in [0.25, 0.3) is 0 Å². The van der Waals surface area contributed by atoms with Crippen molar-refractivity contribution in [1.29, 1.82) is 0 Å². The summed E-state index contributed by atoms with van der Waals surface area (Å²) in [6.45, 7) is 13.6. The average Bonchev–Trinajstić information content (AvgIpc) is 2.71. The first kappa shape index (κ1) is 18.2. The maximum Gasteiger partial charge on any atom is 0.246 e. The van der Waals surface area contributed by atoms with Crippen LogP contribution in [0.15, 0.2) is 12.2 Å².